The number of Topliss-reactive ketones (excluding diaryl/α,β-unsaturated/α-hetero) is 2. The number of aliphatic carboxylic acids is 1. The van der Waals surface area contributed by atoms with Crippen molar-refractivity contribution in [1.29, 1.82) is 0 Å². The van der Waals surface area contributed by atoms with Crippen LogP contribution in [0.5, 0.6) is 0 Å². The van der Waals surface area contributed by atoms with Crippen molar-refractivity contribution in [2.75, 3.05) is 0 Å². The Bertz CT molecular complexity index is 959. The van der Waals surface area contributed by atoms with Gasteiger partial charge in [0.1, 0.15) is 5.78 Å². The fraction of sp³-hybridized carbons (Fsp3) is 0.625. The quantitative estimate of drug-likeness (QED) is 0.541. The van der Waals surface area contributed by atoms with Crippen molar-refractivity contribution in [2.45, 2.75) is 64.9 Å². The summed E-state index contributed by atoms with van der Waals surface area (Å²) in [7, 11) is 0. The molecule has 31 heavy (non-hydrogen) atoms. The minimum absolute atomic E-state index is 0.0143. The monoisotopic (exact) mass is 428 g/mol. The van der Waals surface area contributed by atoms with Gasteiger partial charge in [-0.1, -0.05) is 32.4 Å². The Morgan fingerprint density at radius 1 is 1.19 bits per heavy atom. The highest BCUT2D eigenvalue weighted by Gasteiger charge is 2.71. The van der Waals surface area contributed by atoms with E-state index in [-0.39, 0.29) is 48.6 Å². The van der Waals surface area contributed by atoms with Crippen molar-refractivity contribution in [1.82, 2.24) is 0 Å². The predicted octanol–water partition coefficient (Wildman–Crippen LogP) is 2.82. The summed E-state index contributed by atoms with van der Waals surface area (Å²) in [5.41, 5.74) is -2.50. The minimum atomic E-state index is -1.83. The van der Waals surface area contributed by atoms with E-state index >= 15 is 0 Å². The van der Waals surface area contributed by atoms with Crippen LogP contribution in [0.3, 0.4) is 0 Å². The van der Waals surface area contributed by atoms with Crippen molar-refractivity contribution in [3.8, 4) is 0 Å². The van der Waals surface area contributed by atoms with Gasteiger partial charge in [0.05, 0.1) is 0 Å². The standard InChI is InChI=1S/C24H28O7/c1-4-18(27)31-24(20(28)21(29)30)10-8-16-15-6-5-13-11-14(25)7-9-22(13,2)19(15)17(26)12-23(16,24)3/h7,9,11,15-16,19H,4-6,8,10,12H2,1-3H3,(H,29,30)/t15-,16-,19+,22-,23-,24-/m0/s1. The fourth-order valence-electron chi connectivity index (χ4n) is 7.04. The van der Waals surface area contributed by atoms with Crippen LogP contribution < -0.4 is 0 Å². The molecule has 3 saturated carbocycles. The van der Waals surface area contributed by atoms with Crippen LogP contribution in [0.25, 0.3) is 0 Å². The normalized spacial score (nSPS) is 41.0. The van der Waals surface area contributed by atoms with Crippen LogP contribution in [0.2, 0.25) is 0 Å². The summed E-state index contributed by atoms with van der Waals surface area (Å²) < 4.78 is 5.63. The van der Waals surface area contributed by atoms with Crippen molar-refractivity contribution in [3.05, 3.63) is 23.8 Å². The third-order valence-electron chi connectivity index (χ3n) is 8.51. The van der Waals surface area contributed by atoms with Gasteiger partial charge in [0.2, 0.25) is 0 Å². The molecule has 0 spiro atoms. The summed E-state index contributed by atoms with van der Waals surface area (Å²) >= 11 is 0. The van der Waals surface area contributed by atoms with Crippen LogP contribution in [0.4, 0.5) is 0 Å². The van der Waals surface area contributed by atoms with Gasteiger partial charge < -0.3 is 9.84 Å². The smallest absolute Gasteiger partial charge is 0.376 e. The van der Waals surface area contributed by atoms with Gasteiger partial charge in [0.25, 0.3) is 5.78 Å². The lowest BCUT2D eigenvalue weighted by Gasteiger charge is -2.56. The number of ether oxygens (including phenoxy) is 1. The molecule has 0 heterocycles. The summed E-state index contributed by atoms with van der Waals surface area (Å²) in [6.07, 6.45) is 6.94. The van der Waals surface area contributed by atoms with Crippen LogP contribution in [-0.4, -0.2) is 40.0 Å². The van der Waals surface area contributed by atoms with Gasteiger partial charge in [-0.25, -0.2) is 4.79 Å². The Morgan fingerprint density at radius 2 is 1.90 bits per heavy atom. The average Bonchev–Trinajstić information content (AvgIpc) is 2.99. The summed E-state index contributed by atoms with van der Waals surface area (Å²) in [6.45, 7) is 5.32. The van der Waals surface area contributed by atoms with Crippen molar-refractivity contribution < 1.29 is 33.8 Å². The molecule has 1 N–H and O–H groups in total. The summed E-state index contributed by atoms with van der Waals surface area (Å²) in [5, 5.41) is 9.54. The lowest BCUT2D eigenvalue weighted by molar-refractivity contribution is -0.193. The molecule has 0 amide bonds. The maximum Gasteiger partial charge on any atom is 0.376 e. The molecule has 7 heteroatoms. The van der Waals surface area contributed by atoms with Gasteiger partial charge >= 0.3 is 11.9 Å². The molecule has 0 bridgehead atoms. The number of carbonyl (C=O) groups is 5. The second kappa shape index (κ2) is 6.97. The molecule has 0 radical (unpaired) electrons. The van der Waals surface area contributed by atoms with Crippen LogP contribution in [0.15, 0.2) is 23.8 Å². The first-order valence-corrected chi connectivity index (χ1v) is 11.0. The number of fused-ring (bicyclic) bond motifs is 5. The van der Waals surface area contributed by atoms with Gasteiger partial charge in [-0.2, -0.15) is 0 Å². The molecule has 0 unspecified atom stereocenters. The van der Waals surface area contributed by atoms with Crippen LogP contribution in [-0.2, 0) is 28.7 Å². The van der Waals surface area contributed by atoms with Gasteiger partial charge in [0.15, 0.2) is 11.4 Å². The minimum Gasteiger partial charge on any atom is -0.475 e. The molecule has 7 nitrogen and oxygen atoms in total. The SMILES string of the molecule is CCC(=O)O[C@]1(C(=O)C(=O)O)CC[C@H]2[C@@H]3CCC4=CC(=O)C=C[C@]4(C)[C@H]3C(=O)C[C@@]21C. The number of ketones is 3. The van der Waals surface area contributed by atoms with Gasteiger partial charge in [0, 0.05) is 29.6 Å². The zero-order chi connectivity index (χ0) is 22.8. The predicted molar refractivity (Wildman–Crippen MR) is 109 cm³/mol. The number of esters is 1. The second-order valence-electron chi connectivity index (χ2n) is 9.86. The largest absolute Gasteiger partial charge is 0.475 e. The maximum atomic E-state index is 13.6. The molecule has 166 valence electrons. The van der Waals surface area contributed by atoms with Gasteiger partial charge in [-0.05, 0) is 49.7 Å². The number of carboxylic acid groups (broad SMARTS) is 1. The second-order valence-corrected chi connectivity index (χ2v) is 9.86. The van der Waals surface area contributed by atoms with Crippen molar-refractivity contribution >= 4 is 29.3 Å². The van der Waals surface area contributed by atoms with Gasteiger partial charge in [-0.15, -0.1) is 0 Å². The number of hydrogen-bond donors (Lipinski definition) is 1. The van der Waals surface area contributed by atoms with Crippen LogP contribution in [0, 0.1) is 28.6 Å². The maximum absolute atomic E-state index is 13.6. The number of allylic oxidation sites excluding steroid dienone is 4. The van der Waals surface area contributed by atoms with E-state index in [1.165, 1.54) is 6.08 Å². The Labute approximate surface area is 180 Å². The zero-order valence-electron chi connectivity index (χ0n) is 18.1. The lowest BCUT2D eigenvalue weighted by Crippen LogP contribution is -2.62. The molecule has 0 aromatic carbocycles. The van der Waals surface area contributed by atoms with Crippen LogP contribution in [0.1, 0.15) is 59.3 Å². The highest BCUT2D eigenvalue weighted by molar-refractivity contribution is 6.36. The topological polar surface area (TPSA) is 115 Å². The molecule has 0 saturated heterocycles. The number of hydrogen-bond acceptors (Lipinski definition) is 6. The average molecular weight is 428 g/mol. The van der Waals surface area contributed by atoms with E-state index in [1.54, 1.807) is 19.9 Å². The Morgan fingerprint density at radius 3 is 2.55 bits per heavy atom. The van der Waals surface area contributed by atoms with E-state index in [9.17, 15) is 29.1 Å². The highest BCUT2D eigenvalue weighted by atomic mass is 16.6. The molecule has 6 atom stereocenters. The van der Waals surface area contributed by atoms with E-state index in [2.05, 4.69) is 0 Å². The van der Waals surface area contributed by atoms with E-state index < -0.39 is 34.2 Å². The van der Waals surface area contributed by atoms with Crippen LogP contribution >= 0.6 is 0 Å². The summed E-state index contributed by atoms with van der Waals surface area (Å²) in [4.78, 5) is 62.4. The molecule has 4 aliphatic carbocycles. The van der Waals surface area contributed by atoms with E-state index in [4.69, 9.17) is 4.74 Å². The lowest BCUT2D eigenvalue weighted by atomic mass is 9.46. The number of carboxylic acids is 1. The highest BCUT2D eigenvalue weighted by Crippen LogP contribution is 2.67. The summed E-state index contributed by atoms with van der Waals surface area (Å²) in [6, 6.07) is 0. The Hall–Kier alpha value is -2.57. The Kier molecular flexibility index (Phi) is 4.87. The van der Waals surface area contributed by atoms with Crippen molar-refractivity contribution in [2.24, 2.45) is 28.6 Å². The first-order chi connectivity index (χ1) is 14.5. The van der Waals surface area contributed by atoms with E-state index in [0.29, 0.717) is 19.3 Å². The molecule has 4 aliphatic rings. The van der Waals surface area contributed by atoms with E-state index in [0.717, 1.165) is 5.57 Å². The first-order valence-electron chi connectivity index (χ1n) is 11.0. The number of rotatable bonds is 4. The third-order valence-corrected chi connectivity index (χ3v) is 8.51. The first kappa shape index (κ1) is 21.7. The molecule has 0 aromatic heterocycles. The number of carbonyl (C=O) groups excluding carboxylic acids is 4. The van der Waals surface area contributed by atoms with E-state index in [1.807, 2.05) is 13.0 Å². The fourth-order valence-corrected chi connectivity index (χ4v) is 7.04. The van der Waals surface area contributed by atoms with Crippen molar-refractivity contribution in [3.63, 3.8) is 0 Å². The molecular weight excluding hydrogens is 400 g/mol. The Balaban J connectivity index is 1.79. The third kappa shape index (κ3) is 2.81. The molecule has 0 aliphatic heterocycles. The molecular formula is C24H28O7. The molecule has 3 fully saturated rings. The molecule has 4 rings (SSSR count). The zero-order valence-corrected chi connectivity index (χ0v) is 18.1. The van der Waals surface area contributed by atoms with Gasteiger partial charge in [-0.3, -0.25) is 19.2 Å². The molecule has 0 aromatic rings. The summed E-state index contributed by atoms with van der Waals surface area (Å²) in [5.74, 6) is -4.10.